The zero-order valence-corrected chi connectivity index (χ0v) is 35.9. The number of aliphatic hydroxyl groups is 1. The summed E-state index contributed by atoms with van der Waals surface area (Å²) in [5, 5.41) is 22.9. The molecule has 17 heteroatoms. The highest BCUT2D eigenvalue weighted by Gasteiger charge is 2.45. The Bertz CT molecular complexity index is 2150. The van der Waals surface area contributed by atoms with Crippen LogP contribution in [0.25, 0.3) is 0 Å². The van der Waals surface area contributed by atoms with Crippen LogP contribution in [-0.4, -0.2) is 119 Å². The summed E-state index contributed by atoms with van der Waals surface area (Å²) < 4.78 is 0. The molecule has 0 bridgehead atoms. The highest BCUT2D eigenvalue weighted by Crippen LogP contribution is 2.43. The maximum absolute atomic E-state index is 14.0. The number of anilines is 2. The maximum atomic E-state index is 14.0. The van der Waals surface area contributed by atoms with E-state index in [1.807, 2.05) is 17.0 Å². The fraction of sp³-hybridized carbons (Fsp3) is 0.511. The molecule has 4 atom stereocenters. The summed E-state index contributed by atoms with van der Waals surface area (Å²) in [5.74, 6) is -1.47. The van der Waals surface area contributed by atoms with Crippen LogP contribution in [0.5, 0.6) is 0 Å². The Morgan fingerprint density at radius 3 is 2.40 bits per heavy atom. The number of imide groups is 2. The fourth-order valence-electron chi connectivity index (χ4n) is 8.98. The number of carbonyl (C=O) groups is 6. The van der Waals surface area contributed by atoms with Gasteiger partial charge in [-0.2, -0.15) is 0 Å². The second kappa shape index (κ2) is 20.6. The van der Waals surface area contributed by atoms with Gasteiger partial charge in [-0.1, -0.05) is 62.4 Å². The SMILES string of the molecule is C[C@@H]1C[C@@H](O)c2ncnc(N3CCN(C(=O)C(CNCCNC(=O)CCCCCCCCNc4cccc5c4C(=O)N(C4CCC(=O)NC4=O)C5=O)c4ccc(Cl)cc4)CC3)c21. The van der Waals surface area contributed by atoms with E-state index >= 15 is 0 Å². The number of aromatic nitrogens is 2. The summed E-state index contributed by atoms with van der Waals surface area (Å²) >= 11 is 6.18. The molecule has 330 valence electrons. The van der Waals surface area contributed by atoms with E-state index in [1.54, 1.807) is 30.3 Å². The average molecular weight is 870 g/mol. The third-order valence-corrected chi connectivity index (χ3v) is 12.6. The number of nitrogens with zero attached hydrogens (tertiary/aromatic N) is 5. The van der Waals surface area contributed by atoms with E-state index in [2.05, 4.69) is 43.1 Å². The van der Waals surface area contributed by atoms with Crippen LogP contribution in [0, 0.1) is 0 Å². The van der Waals surface area contributed by atoms with E-state index in [0.717, 1.165) is 60.4 Å². The van der Waals surface area contributed by atoms with Crippen LogP contribution in [0.4, 0.5) is 11.5 Å². The summed E-state index contributed by atoms with van der Waals surface area (Å²) in [6, 6.07) is 11.4. The van der Waals surface area contributed by atoms with Crippen molar-refractivity contribution in [1.29, 1.82) is 0 Å². The number of aliphatic hydroxyl groups excluding tert-OH is 1. The van der Waals surface area contributed by atoms with Crippen LogP contribution in [0.3, 0.4) is 0 Å². The van der Waals surface area contributed by atoms with Crippen LogP contribution in [0.1, 0.15) is 127 Å². The summed E-state index contributed by atoms with van der Waals surface area (Å²) in [5.41, 5.74) is 3.65. The average Bonchev–Trinajstić information content (AvgIpc) is 3.71. The molecule has 0 radical (unpaired) electrons. The van der Waals surface area contributed by atoms with Crippen molar-refractivity contribution < 1.29 is 33.9 Å². The predicted molar refractivity (Wildman–Crippen MR) is 233 cm³/mol. The van der Waals surface area contributed by atoms with Gasteiger partial charge in [-0.3, -0.25) is 39.0 Å². The van der Waals surface area contributed by atoms with Crippen molar-refractivity contribution in [2.75, 3.05) is 62.6 Å². The normalized spacial score (nSPS) is 20.2. The maximum Gasteiger partial charge on any atom is 0.264 e. The van der Waals surface area contributed by atoms with Crippen LogP contribution in [0.2, 0.25) is 5.02 Å². The molecule has 2 aromatic carbocycles. The molecule has 2 unspecified atom stereocenters. The Labute approximate surface area is 366 Å². The van der Waals surface area contributed by atoms with Crippen molar-refractivity contribution in [2.24, 2.45) is 0 Å². The molecule has 1 aliphatic carbocycles. The molecule has 7 rings (SSSR count). The van der Waals surface area contributed by atoms with Crippen molar-refractivity contribution in [3.8, 4) is 0 Å². The summed E-state index contributed by atoms with van der Waals surface area (Å²) in [6.07, 6.45) is 7.73. The first-order valence-corrected chi connectivity index (χ1v) is 22.3. The highest BCUT2D eigenvalue weighted by atomic mass is 35.5. The Morgan fingerprint density at radius 1 is 0.903 bits per heavy atom. The van der Waals surface area contributed by atoms with Crippen LogP contribution in [-0.2, 0) is 19.2 Å². The van der Waals surface area contributed by atoms with E-state index < -0.39 is 41.7 Å². The number of halogens is 1. The van der Waals surface area contributed by atoms with Gasteiger partial charge < -0.3 is 30.9 Å². The fourth-order valence-corrected chi connectivity index (χ4v) is 9.11. The number of rotatable bonds is 19. The van der Waals surface area contributed by atoms with Gasteiger partial charge in [-0.05, 0) is 61.4 Å². The lowest BCUT2D eigenvalue weighted by atomic mass is 9.97. The zero-order valence-electron chi connectivity index (χ0n) is 35.2. The molecule has 2 fully saturated rings. The third kappa shape index (κ3) is 10.2. The summed E-state index contributed by atoms with van der Waals surface area (Å²) in [4.78, 5) is 90.9. The number of hydrogen-bond acceptors (Lipinski definition) is 12. The van der Waals surface area contributed by atoms with E-state index in [4.69, 9.17) is 11.6 Å². The lowest BCUT2D eigenvalue weighted by molar-refractivity contribution is -0.136. The molecule has 4 aliphatic rings. The standard InChI is InChI=1S/C45H56ClN9O7/c1-28-25-35(56)40-38(28)41(51-27-50-40)53-21-23-54(24-22-53)43(60)32(29-12-14-30(46)15-13-29)26-47-19-20-49-36(57)11-6-4-2-3-5-7-18-48-33-10-8-9-31-39(33)45(62)55(44(31)61)34-16-17-37(58)52-42(34)59/h8-10,12-15,27-28,32,34-35,47-48,56H,2-7,11,16-26H2,1H3,(H,49,57)(H,52,58,59)/t28-,32?,34?,35-/m1/s1. The second-order valence-corrected chi connectivity index (χ2v) is 17.0. The van der Waals surface area contributed by atoms with Crippen LogP contribution >= 0.6 is 11.6 Å². The monoisotopic (exact) mass is 869 g/mol. The number of benzene rings is 2. The molecule has 5 N–H and O–H groups in total. The van der Waals surface area contributed by atoms with E-state index in [1.165, 1.54) is 6.33 Å². The molecule has 0 saturated carbocycles. The number of carbonyl (C=O) groups excluding carboxylic acids is 6. The van der Waals surface area contributed by atoms with Crippen molar-refractivity contribution >= 4 is 58.5 Å². The first-order valence-electron chi connectivity index (χ1n) is 21.9. The largest absolute Gasteiger partial charge is 0.387 e. The minimum absolute atomic E-state index is 0.00276. The van der Waals surface area contributed by atoms with E-state index in [9.17, 15) is 33.9 Å². The van der Waals surface area contributed by atoms with Crippen molar-refractivity contribution in [3.63, 3.8) is 0 Å². The number of hydrogen-bond donors (Lipinski definition) is 5. The first kappa shape index (κ1) is 44.6. The van der Waals surface area contributed by atoms with Crippen molar-refractivity contribution in [1.82, 2.24) is 35.7 Å². The van der Waals surface area contributed by atoms with Gasteiger partial charge in [-0.15, -0.1) is 0 Å². The quantitative estimate of drug-likeness (QED) is 0.0855. The predicted octanol–water partition coefficient (Wildman–Crippen LogP) is 4.05. The minimum Gasteiger partial charge on any atom is -0.387 e. The number of piperazine rings is 1. The van der Waals surface area contributed by atoms with Gasteiger partial charge in [0.05, 0.1) is 28.8 Å². The highest BCUT2D eigenvalue weighted by molar-refractivity contribution is 6.30. The van der Waals surface area contributed by atoms with Gasteiger partial charge in [0.25, 0.3) is 11.8 Å². The number of nitrogens with one attached hydrogen (secondary N) is 4. The van der Waals surface area contributed by atoms with Gasteiger partial charge in [-0.25, -0.2) is 9.97 Å². The zero-order chi connectivity index (χ0) is 43.8. The van der Waals surface area contributed by atoms with Crippen LogP contribution < -0.4 is 26.2 Å². The molecule has 0 spiro atoms. The number of unbranched alkanes of at least 4 members (excludes halogenated alkanes) is 5. The number of piperidine rings is 1. The Kier molecular flexibility index (Phi) is 14.8. The molecular weight excluding hydrogens is 814 g/mol. The van der Waals surface area contributed by atoms with Crippen molar-refractivity contribution in [2.45, 2.75) is 95.1 Å². The molecule has 3 aliphatic heterocycles. The molecule has 2 saturated heterocycles. The van der Waals surface area contributed by atoms with Gasteiger partial charge in [0.2, 0.25) is 23.6 Å². The molecule has 1 aromatic heterocycles. The van der Waals surface area contributed by atoms with Gasteiger partial charge in [0.1, 0.15) is 18.2 Å². The van der Waals surface area contributed by atoms with E-state index in [0.29, 0.717) is 81.6 Å². The lowest BCUT2D eigenvalue weighted by Crippen LogP contribution is -2.54. The van der Waals surface area contributed by atoms with E-state index in [-0.39, 0.29) is 41.7 Å². The minimum atomic E-state index is -1.00. The number of amides is 6. The van der Waals surface area contributed by atoms with Gasteiger partial charge in [0, 0.05) is 81.5 Å². The lowest BCUT2D eigenvalue weighted by Gasteiger charge is -2.38. The summed E-state index contributed by atoms with van der Waals surface area (Å²) in [7, 11) is 0. The van der Waals surface area contributed by atoms with Gasteiger partial charge in [0.15, 0.2) is 0 Å². The molecule has 16 nitrogen and oxygen atoms in total. The molecule has 62 heavy (non-hydrogen) atoms. The van der Waals surface area contributed by atoms with Gasteiger partial charge >= 0.3 is 0 Å². The Balaban J connectivity index is 0.766. The molecule has 4 heterocycles. The topological polar surface area (TPSA) is 206 Å². The molecular formula is C45H56ClN9O7. The summed E-state index contributed by atoms with van der Waals surface area (Å²) in [6.45, 7) is 6.42. The number of fused-ring (bicyclic) bond motifs is 2. The third-order valence-electron chi connectivity index (χ3n) is 12.3. The van der Waals surface area contributed by atoms with Crippen LogP contribution in [0.15, 0.2) is 48.8 Å². The first-order chi connectivity index (χ1) is 30.0. The molecule has 3 aromatic rings. The Morgan fingerprint density at radius 2 is 1.65 bits per heavy atom. The van der Waals surface area contributed by atoms with Crippen molar-refractivity contribution in [3.05, 3.63) is 81.8 Å². The molecule has 6 amide bonds. The Hall–Kier alpha value is -5.45. The second-order valence-electron chi connectivity index (χ2n) is 16.6. The smallest absolute Gasteiger partial charge is 0.264 e.